The molecular weight excluding hydrogens is 360 g/mol. The monoisotopic (exact) mass is 376 g/mol. The number of rotatable bonds is 6. The fourth-order valence-corrected chi connectivity index (χ4v) is 2.94. The summed E-state index contributed by atoms with van der Waals surface area (Å²) in [5.74, 6) is -0.653. The topological polar surface area (TPSA) is 107 Å². The van der Waals surface area contributed by atoms with E-state index in [1.54, 1.807) is 34.9 Å². The highest BCUT2D eigenvalue weighted by Crippen LogP contribution is 2.29. The van der Waals surface area contributed by atoms with Gasteiger partial charge in [-0.05, 0) is 29.8 Å². The first-order valence-corrected chi connectivity index (χ1v) is 9.32. The molecule has 0 unspecified atom stereocenters. The van der Waals surface area contributed by atoms with E-state index in [0.29, 0.717) is 28.2 Å². The average molecular weight is 376 g/mol. The lowest BCUT2D eigenvalue weighted by atomic mass is 10.1. The minimum Gasteiger partial charge on any atom is -0.481 e. The first-order valence-electron chi connectivity index (χ1n) is 7.50. The van der Waals surface area contributed by atoms with E-state index in [9.17, 15) is 18.3 Å². The summed E-state index contributed by atoms with van der Waals surface area (Å²) >= 11 is 0. The van der Waals surface area contributed by atoms with Crippen LogP contribution < -0.4 is 4.74 Å². The van der Waals surface area contributed by atoms with Crippen LogP contribution in [0.25, 0.3) is 16.8 Å². The Morgan fingerprint density at radius 1 is 1.27 bits per heavy atom. The number of fused-ring (bicyclic) bond motifs is 1. The normalized spacial score (nSPS) is 11.6. The Bertz CT molecular complexity index is 1070. The highest BCUT2D eigenvalue weighted by Gasteiger charge is 2.18. The minimum atomic E-state index is -3.56. The van der Waals surface area contributed by atoms with E-state index >= 15 is 0 Å². The van der Waals surface area contributed by atoms with E-state index in [1.807, 2.05) is 0 Å². The molecule has 0 radical (unpaired) electrons. The van der Waals surface area contributed by atoms with Gasteiger partial charge in [-0.15, -0.1) is 0 Å². The van der Waals surface area contributed by atoms with Crippen LogP contribution in [0, 0.1) is 0 Å². The predicted octanol–water partition coefficient (Wildman–Crippen LogP) is 2.18. The second-order valence-corrected chi connectivity index (χ2v) is 7.24. The van der Waals surface area contributed by atoms with Crippen molar-refractivity contribution >= 4 is 21.6 Å². The molecule has 0 atom stereocenters. The fourth-order valence-electron chi connectivity index (χ4n) is 2.59. The van der Waals surface area contributed by atoms with Crippen molar-refractivity contribution in [1.29, 1.82) is 0 Å². The average Bonchev–Trinajstić information content (AvgIpc) is 2.98. The van der Waals surface area contributed by atoms with Gasteiger partial charge in [-0.2, -0.15) is 8.42 Å². The van der Waals surface area contributed by atoms with Crippen molar-refractivity contribution in [1.82, 2.24) is 9.38 Å². The summed E-state index contributed by atoms with van der Waals surface area (Å²) in [6.45, 7) is -0.123. The van der Waals surface area contributed by atoms with Gasteiger partial charge in [0.2, 0.25) is 5.88 Å². The largest absolute Gasteiger partial charge is 0.481 e. The molecular formula is C17H16N2O6S. The van der Waals surface area contributed by atoms with Crippen molar-refractivity contribution in [2.45, 2.75) is 6.61 Å². The molecule has 3 heterocycles. The summed E-state index contributed by atoms with van der Waals surface area (Å²) in [5.41, 5.74) is 2.40. The number of aromatic nitrogens is 2. The highest BCUT2D eigenvalue weighted by atomic mass is 32.2. The van der Waals surface area contributed by atoms with Crippen LogP contribution in [0.1, 0.15) is 15.9 Å². The molecule has 136 valence electrons. The van der Waals surface area contributed by atoms with Gasteiger partial charge in [-0.1, -0.05) is 0 Å². The summed E-state index contributed by atoms with van der Waals surface area (Å²) in [4.78, 5) is 15.8. The molecule has 9 heteroatoms. The number of carboxylic acids is 1. The van der Waals surface area contributed by atoms with Crippen LogP contribution in [0.4, 0.5) is 0 Å². The number of aromatic carboxylic acids is 1. The third-order valence-corrected chi connectivity index (χ3v) is 4.27. The number of hydrogen-bond donors (Lipinski definition) is 1. The lowest BCUT2D eigenvalue weighted by Gasteiger charge is -2.07. The first kappa shape index (κ1) is 17.9. The van der Waals surface area contributed by atoms with Crippen LogP contribution in [0.5, 0.6) is 5.88 Å². The zero-order valence-corrected chi connectivity index (χ0v) is 14.9. The van der Waals surface area contributed by atoms with Gasteiger partial charge in [0, 0.05) is 29.5 Å². The quantitative estimate of drug-likeness (QED) is 0.657. The van der Waals surface area contributed by atoms with E-state index in [1.165, 1.54) is 19.4 Å². The number of methoxy groups -OCH3 is 1. The van der Waals surface area contributed by atoms with Crippen LogP contribution in [-0.4, -0.2) is 42.2 Å². The van der Waals surface area contributed by atoms with Crippen LogP contribution in [0.2, 0.25) is 0 Å². The molecule has 0 aromatic carbocycles. The third-order valence-electron chi connectivity index (χ3n) is 3.73. The Kier molecular flexibility index (Phi) is 4.66. The van der Waals surface area contributed by atoms with Gasteiger partial charge >= 0.3 is 5.97 Å². The van der Waals surface area contributed by atoms with Crippen LogP contribution in [-0.2, 0) is 20.9 Å². The van der Waals surface area contributed by atoms with Crippen LogP contribution in [0.3, 0.4) is 0 Å². The molecule has 1 N–H and O–H groups in total. The molecule has 26 heavy (non-hydrogen) atoms. The van der Waals surface area contributed by atoms with Crippen molar-refractivity contribution in [3.05, 3.63) is 53.9 Å². The Labute approximate surface area is 149 Å². The van der Waals surface area contributed by atoms with Gasteiger partial charge < -0.3 is 14.2 Å². The zero-order valence-electron chi connectivity index (χ0n) is 14.0. The van der Waals surface area contributed by atoms with E-state index < -0.39 is 16.1 Å². The van der Waals surface area contributed by atoms with Gasteiger partial charge in [-0.25, -0.2) is 9.78 Å². The van der Waals surface area contributed by atoms with E-state index in [-0.39, 0.29) is 12.2 Å². The summed E-state index contributed by atoms with van der Waals surface area (Å²) in [5, 5.41) is 9.55. The highest BCUT2D eigenvalue weighted by molar-refractivity contribution is 7.85. The molecule has 0 aliphatic rings. The maximum Gasteiger partial charge on any atom is 0.337 e. The fraction of sp³-hybridized carbons (Fsp3) is 0.176. The molecule has 0 amide bonds. The van der Waals surface area contributed by atoms with Crippen LogP contribution in [0.15, 0.2) is 42.7 Å². The Balaban J connectivity index is 2.09. The number of hydrogen-bond acceptors (Lipinski definition) is 6. The second kappa shape index (κ2) is 6.77. The van der Waals surface area contributed by atoms with E-state index in [4.69, 9.17) is 8.92 Å². The Morgan fingerprint density at radius 3 is 2.62 bits per heavy atom. The number of carbonyl (C=O) groups is 1. The molecule has 0 saturated heterocycles. The molecule has 0 aliphatic carbocycles. The van der Waals surface area contributed by atoms with Crippen molar-refractivity contribution < 1.29 is 27.2 Å². The van der Waals surface area contributed by atoms with Crippen molar-refractivity contribution in [3.63, 3.8) is 0 Å². The van der Waals surface area contributed by atoms with E-state index in [2.05, 4.69) is 4.98 Å². The number of pyridine rings is 2. The molecule has 3 aromatic rings. The summed E-state index contributed by atoms with van der Waals surface area (Å²) in [6, 6.07) is 8.24. The number of ether oxygens (including phenoxy) is 1. The smallest absolute Gasteiger partial charge is 0.337 e. The van der Waals surface area contributed by atoms with Gasteiger partial charge in [0.15, 0.2) is 0 Å². The van der Waals surface area contributed by atoms with E-state index in [0.717, 1.165) is 6.26 Å². The molecule has 8 nitrogen and oxygen atoms in total. The number of carboxylic acid groups (broad SMARTS) is 1. The van der Waals surface area contributed by atoms with Crippen molar-refractivity contribution in [2.24, 2.45) is 0 Å². The lowest BCUT2D eigenvalue weighted by molar-refractivity contribution is 0.0698. The Hall–Kier alpha value is -2.91. The first-order chi connectivity index (χ1) is 12.3. The third kappa shape index (κ3) is 3.68. The predicted molar refractivity (Wildman–Crippen MR) is 93.8 cm³/mol. The van der Waals surface area contributed by atoms with Crippen molar-refractivity contribution in [3.8, 4) is 17.1 Å². The maximum atomic E-state index is 11.7. The summed E-state index contributed by atoms with van der Waals surface area (Å²) in [7, 11) is -2.07. The molecule has 0 saturated carbocycles. The SMILES string of the molecule is COc1ccc(-c2c(C(=O)O)cc3cc(COS(C)(=O)=O)ccn23)cn1. The summed E-state index contributed by atoms with van der Waals surface area (Å²) < 4.78 is 33.8. The maximum absolute atomic E-state index is 11.7. The molecule has 3 rings (SSSR count). The van der Waals surface area contributed by atoms with Gasteiger partial charge in [-0.3, -0.25) is 4.18 Å². The molecule has 0 bridgehead atoms. The van der Waals surface area contributed by atoms with Crippen molar-refractivity contribution in [2.75, 3.05) is 13.4 Å². The number of nitrogens with zero attached hydrogens (tertiary/aromatic N) is 2. The zero-order chi connectivity index (χ0) is 18.9. The Morgan fingerprint density at radius 2 is 2.04 bits per heavy atom. The van der Waals surface area contributed by atoms with Gasteiger partial charge in [0.25, 0.3) is 10.1 Å². The molecule has 3 aromatic heterocycles. The minimum absolute atomic E-state index is 0.109. The van der Waals surface area contributed by atoms with Crippen LogP contribution >= 0.6 is 0 Å². The summed E-state index contributed by atoms with van der Waals surface area (Å²) in [6.07, 6.45) is 4.18. The van der Waals surface area contributed by atoms with Gasteiger partial charge in [0.1, 0.15) is 0 Å². The molecule has 0 aliphatic heterocycles. The van der Waals surface area contributed by atoms with Gasteiger partial charge in [0.05, 0.1) is 31.2 Å². The molecule has 0 spiro atoms. The second-order valence-electron chi connectivity index (χ2n) is 5.60. The standard InChI is InChI=1S/C17H16N2O6S/c1-24-15-4-3-12(9-18-15)16-14(17(20)21)8-13-7-11(5-6-19(13)16)10-25-26(2,22)23/h3-9H,10H2,1-2H3,(H,20,21). The lowest BCUT2D eigenvalue weighted by Crippen LogP contribution is -2.03. The molecule has 0 fully saturated rings.